The fourth-order valence-corrected chi connectivity index (χ4v) is 2.87. The monoisotopic (exact) mass is 403 g/mol. The Morgan fingerprint density at radius 2 is 1.80 bits per heavy atom. The molecule has 1 N–H and O–H groups in total. The number of ether oxygens (including phenoxy) is 1. The first kappa shape index (κ1) is 19.3. The molecule has 2 heterocycles. The third-order valence-corrected chi connectivity index (χ3v) is 4.48. The quantitative estimate of drug-likeness (QED) is 0.541. The van der Waals surface area contributed by atoms with Gasteiger partial charge in [0.25, 0.3) is 5.91 Å². The van der Waals surface area contributed by atoms with Crippen LogP contribution in [0.4, 0.5) is 16.0 Å². The third kappa shape index (κ3) is 4.02. The summed E-state index contributed by atoms with van der Waals surface area (Å²) < 4.78 is 19.0. The molecule has 7 nitrogen and oxygen atoms in total. The number of carbonyl (C=O) groups excluding carboxylic acids is 1. The van der Waals surface area contributed by atoms with Crippen LogP contribution in [-0.4, -0.2) is 35.0 Å². The Bertz CT molecular complexity index is 1210. The van der Waals surface area contributed by atoms with Crippen LogP contribution in [0.3, 0.4) is 0 Å². The molecule has 1 amide bonds. The van der Waals surface area contributed by atoms with Gasteiger partial charge in [0.1, 0.15) is 23.0 Å². The standard InChI is InChI=1S/C22H18FN5O2/c1-24-21(29)20-12-18(9-10-25-20)30-17-7-8-19-14(11-17)13-26-22(27-19)28(2)16-5-3-15(23)4-6-16/h3-13H,1-2H3,(H,24,29). The second-order valence-corrected chi connectivity index (χ2v) is 6.48. The summed E-state index contributed by atoms with van der Waals surface area (Å²) in [7, 11) is 3.36. The van der Waals surface area contributed by atoms with Crippen molar-refractivity contribution in [2.24, 2.45) is 0 Å². The zero-order valence-electron chi connectivity index (χ0n) is 16.3. The molecule has 30 heavy (non-hydrogen) atoms. The van der Waals surface area contributed by atoms with Gasteiger partial charge in [-0.1, -0.05) is 0 Å². The molecule has 0 aliphatic heterocycles. The number of fused-ring (bicyclic) bond motifs is 1. The zero-order chi connectivity index (χ0) is 21.1. The zero-order valence-corrected chi connectivity index (χ0v) is 16.3. The van der Waals surface area contributed by atoms with E-state index in [1.807, 2.05) is 19.2 Å². The minimum Gasteiger partial charge on any atom is -0.457 e. The van der Waals surface area contributed by atoms with E-state index in [1.54, 1.807) is 48.5 Å². The van der Waals surface area contributed by atoms with Crippen LogP contribution in [0, 0.1) is 5.82 Å². The van der Waals surface area contributed by atoms with E-state index in [1.165, 1.54) is 18.3 Å². The molecule has 0 saturated carbocycles. The second kappa shape index (κ2) is 8.12. The van der Waals surface area contributed by atoms with Crippen molar-refractivity contribution in [2.75, 3.05) is 19.0 Å². The lowest BCUT2D eigenvalue weighted by molar-refractivity contribution is 0.0958. The molecule has 0 spiro atoms. The summed E-state index contributed by atoms with van der Waals surface area (Å²) in [5.74, 6) is 0.990. The summed E-state index contributed by atoms with van der Waals surface area (Å²) in [6.07, 6.45) is 3.22. The summed E-state index contributed by atoms with van der Waals surface area (Å²) >= 11 is 0. The Hall–Kier alpha value is -4.07. The molecule has 0 saturated heterocycles. The van der Waals surface area contributed by atoms with Crippen LogP contribution in [0.1, 0.15) is 10.5 Å². The van der Waals surface area contributed by atoms with Gasteiger partial charge >= 0.3 is 0 Å². The topological polar surface area (TPSA) is 80.2 Å². The van der Waals surface area contributed by atoms with Crippen LogP contribution in [0.2, 0.25) is 0 Å². The highest BCUT2D eigenvalue weighted by Gasteiger charge is 2.10. The number of carbonyl (C=O) groups is 1. The van der Waals surface area contributed by atoms with Crippen LogP contribution >= 0.6 is 0 Å². The van der Waals surface area contributed by atoms with Gasteiger partial charge in [0.15, 0.2) is 0 Å². The molecule has 0 atom stereocenters. The van der Waals surface area contributed by atoms with E-state index >= 15 is 0 Å². The highest BCUT2D eigenvalue weighted by Crippen LogP contribution is 2.27. The first-order chi connectivity index (χ1) is 14.5. The van der Waals surface area contributed by atoms with Gasteiger partial charge in [-0.05, 0) is 48.5 Å². The van der Waals surface area contributed by atoms with Gasteiger partial charge in [0, 0.05) is 43.6 Å². The second-order valence-electron chi connectivity index (χ2n) is 6.48. The van der Waals surface area contributed by atoms with Gasteiger partial charge in [-0.15, -0.1) is 0 Å². The average molecular weight is 403 g/mol. The first-order valence-electron chi connectivity index (χ1n) is 9.15. The fourth-order valence-electron chi connectivity index (χ4n) is 2.87. The van der Waals surface area contributed by atoms with Crippen molar-refractivity contribution in [1.29, 1.82) is 0 Å². The predicted molar refractivity (Wildman–Crippen MR) is 112 cm³/mol. The van der Waals surface area contributed by atoms with Crippen LogP contribution in [-0.2, 0) is 0 Å². The number of nitrogens with zero attached hydrogens (tertiary/aromatic N) is 4. The van der Waals surface area contributed by atoms with Crippen molar-refractivity contribution >= 4 is 28.4 Å². The first-order valence-corrected chi connectivity index (χ1v) is 9.15. The molecule has 0 aliphatic rings. The maximum atomic E-state index is 13.1. The number of aromatic nitrogens is 3. The van der Waals surface area contributed by atoms with E-state index in [0.29, 0.717) is 17.4 Å². The lowest BCUT2D eigenvalue weighted by Gasteiger charge is -2.17. The number of benzene rings is 2. The number of rotatable bonds is 5. The molecular weight excluding hydrogens is 385 g/mol. The molecule has 2 aromatic heterocycles. The van der Waals surface area contributed by atoms with Crippen LogP contribution < -0.4 is 15.0 Å². The summed E-state index contributed by atoms with van der Waals surface area (Å²) in [5.41, 5.74) is 1.79. The van der Waals surface area contributed by atoms with Crippen molar-refractivity contribution in [1.82, 2.24) is 20.3 Å². The molecule has 4 rings (SSSR count). The van der Waals surface area contributed by atoms with Gasteiger partial charge in [-0.2, -0.15) is 0 Å². The normalized spacial score (nSPS) is 10.6. The summed E-state index contributed by atoms with van der Waals surface area (Å²) in [5, 5.41) is 3.33. The Balaban J connectivity index is 1.57. The number of pyridine rings is 1. The third-order valence-electron chi connectivity index (χ3n) is 4.48. The largest absolute Gasteiger partial charge is 0.457 e. The highest BCUT2D eigenvalue weighted by atomic mass is 19.1. The Morgan fingerprint density at radius 1 is 1.03 bits per heavy atom. The van der Waals surface area contributed by atoms with Gasteiger partial charge in [0.2, 0.25) is 5.95 Å². The Kier molecular flexibility index (Phi) is 5.21. The molecule has 4 aromatic rings. The van der Waals surface area contributed by atoms with E-state index in [4.69, 9.17) is 4.74 Å². The van der Waals surface area contributed by atoms with Gasteiger partial charge in [-0.3, -0.25) is 9.78 Å². The molecule has 0 aliphatic carbocycles. The van der Waals surface area contributed by atoms with E-state index in [-0.39, 0.29) is 17.4 Å². The Morgan fingerprint density at radius 3 is 2.57 bits per heavy atom. The van der Waals surface area contributed by atoms with E-state index in [9.17, 15) is 9.18 Å². The van der Waals surface area contributed by atoms with Crippen LogP contribution in [0.15, 0.2) is 67.0 Å². The minimum atomic E-state index is -0.296. The van der Waals surface area contributed by atoms with Crippen molar-refractivity contribution < 1.29 is 13.9 Å². The maximum absolute atomic E-state index is 13.1. The molecule has 8 heteroatoms. The predicted octanol–water partition coefficient (Wildman–Crippen LogP) is 4.08. The molecule has 0 unspecified atom stereocenters. The lowest BCUT2D eigenvalue weighted by atomic mass is 10.2. The minimum absolute atomic E-state index is 0.271. The average Bonchev–Trinajstić information content (AvgIpc) is 2.78. The Labute approximate surface area is 172 Å². The molecule has 150 valence electrons. The molecular formula is C22H18FN5O2. The number of hydrogen-bond donors (Lipinski definition) is 1. The molecule has 0 radical (unpaired) electrons. The van der Waals surface area contributed by atoms with E-state index in [2.05, 4.69) is 20.3 Å². The number of nitrogens with one attached hydrogen (secondary N) is 1. The number of anilines is 2. The van der Waals surface area contributed by atoms with E-state index < -0.39 is 0 Å². The van der Waals surface area contributed by atoms with Crippen molar-refractivity contribution in [3.05, 3.63) is 78.5 Å². The SMILES string of the molecule is CNC(=O)c1cc(Oc2ccc3nc(N(C)c4ccc(F)cc4)ncc3c2)ccn1. The van der Waals surface area contributed by atoms with Crippen LogP contribution in [0.5, 0.6) is 11.5 Å². The van der Waals surface area contributed by atoms with Gasteiger partial charge in [0.05, 0.1) is 5.52 Å². The van der Waals surface area contributed by atoms with Crippen LogP contribution in [0.25, 0.3) is 10.9 Å². The maximum Gasteiger partial charge on any atom is 0.269 e. The smallest absolute Gasteiger partial charge is 0.269 e. The molecule has 0 bridgehead atoms. The van der Waals surface area contributed by atoms with Crippen molar-refractivity contribution in [3.63, 3.8) is 0 Å². The van der Waals surface area contributed by atoms with Crippen molar-refractivity contribution in [3.8, 4) is 11.5 Å². The lowest BCUT2D eigenvalue weighted by Crippen LogP contribution is -2.18. The number of halogens is 1. The summed E-state index contributed by atoms with van der Waals surface area (Å²) in [4.78, 5) is 26.5. The number of hydrogen-bond acceptors (Lipinski definition) is 6. The number of amides is 1. The summed E-state index contributed by atoms with van der Waals surface area (Å²) in [6.45, 7) is 0. The van der Waals surface area contributed by atoms with E-state index in [0.717, 1.165) is 16.6 Å². The summed E-state index contributed by atoms with van der Waals surface area (Å²) in [6, 6.07) is 14.8. The molecule has 2 aromatic carbocycles. The molecule has 0 fully saturated rings. The fraction of sp³-hybridized carbons (Fsp3) is 0.0909. The van der Waals surface area contributed by atoms with Gasteiger partial charge in [-0.25, -0.2) is 14.4 Å². The van der Waals surface area contributed by atoms with Crippen molar-refractivity contribution in [2.45, 2.75) is 0 Å². The van der Waals surface area contributed by atoms with Gasteiger partial charge < -0.3 is 15.0 Å². The highest BCUT2D eigenvalue weighted by molar-refractivity contribution is 5.92.